The Morgan fingerprint density at radius 3 is 3.00 bits per heavy atom. The molecule has 13 heavy (non-hydrogen) atoms. The Labute approximate surface area is 81.1 Å². The summed E-state index contributed by atoms with van der Waals surface area (Å²) in [7, 11) is 0. The average Bonchev–Trinajstić information content (AvgIpc) is 2.02. The monoisotopic (exact) mass is 196 g/mol. The van der Waals surface area contributed by atoms with E-state index < -0.39 is 0 Å². The topological polar surface area (TPSA) is 41.1 Å². The molecule has 0 atom stereocenters. The molecule has 0 aliphatic carbocycles. The smallest absolute Gasteiger partial charge is 0.243 e. The van der Waals surface area contributed by atoms with Crippen LogP contribution in [0.1, 0.15) is 5.56 Å². The van der Waals surface area contributed by atoms with Crippen LogP contribution in [0, 0.1) is 6.92 Å². The maximum Gasteiger partial charge on any atom is 0.243 e. The first-order chi connectivity index (χ1) is 6.16. The molecule has 0 fully saturated rings. The minimum absolute atomic E-state index is 0.0332. The number of halogens is 1. The highest BCUT2D eigenvalue weighted by molar-refractivity contribution is 6.31. The highest BCUT2D eigenvalue weighted by Crippen LogP contribution is 2.31. The standard InChI is InChI=1S/C9H9ClN2O/c1-5-2-6(10)3-7-9(5)11-4-8(13)12-7/h2-3,11H,4H2,1H3,(H,12,13). The second-order valence-electron chi connectivity index (χ2n) is 3.05. The van der Waals surface area contributed by atoms with Crippen molar-refractivity contribution in [3.63, 3.8) is 0 Å². The lowest BCUT2D eigenvalue weighted by Gasteiger charge is -2.20. The number of fused-ring (bicyclic) bond motifs is 1. The molecule has 4 heteroatoms. The largest absolute Gasteiger partial charge is 0.374 e. The first kappa shape index (κ1) is 8.38. The van der Waals surface area contributed by atoms with Crippen LogP contribution in [0.4, 0.5) is 11.4 Å². The van der Waals surface area contributed by atoms with Crippen LogP contribution >= 0.6 is 11.6 Å². The maximum atomic E-state index is 11.0. The van der Waals surface area contributed by atoms with E-state index in [-0.39, 0.29) is 5.91 Å². The zero-order chi connectivity index (χ0) is 9.42. The first-order valence-electron chi connectivity index (χ1n) is 4.00. The van der Waals surface area contributed by atoms with Gasteiger partial charge in [-0.05, 0) is 24.6 Å². The van der Waals surface area contributed by atoms with E-state index >= 15 is 0 Å². The van der Waals surface area contributed by atoms with Gasteiger partial charge in [-0.3, -0.25) is 4.79 Å². The molecule has 1 aromatic carbocycles. The van der Waals surface area contributed by atoms with Gasteiger partial charge in [-0.1, -0.05) is 11.6 Å². The third kappa shape index (κ3) is 1.47. The van der Waals surface area contributed by atoms with Crippen molar-refractivity contribution in [2.75, 3.05) is 17.2 Å². The maximum absolute atomic E-state index is 11.0. The Hall–Kier alpha value is -1.22. The summed E-state index contributed by atoms with van der Waals surface area (Å²) in [6.45, 7) is 2.28. The van der Waals surface area contributed by atoms with Gasteiger partial charge in [0.1, 0.15) is 0 Å². The molecule has 1 amide bonds. The summed E-state index contributed by atoms with van der Waals surface area (Å²) in [5.74, 6) is -0.0332. The number of rotatable bonds is 0. The minimum Gasteiger partial charge on any atom is -0.374 e. The predicted molar refractivity (Wildman–Crippen MR) is 53.3 cm³/mol. The second kappa shape index (κ2) is 2.92. The summed E-state index contributed by atoms with van der Waals surface area (Å²) in [5.41, 5.74) is 2.77. The molecular formula is C9H9ClN2O. The van der Waals surface area contributed by atoms with E-state index in [4.69, 9.17) is 11.6 Å². The van der Waals surface area contributed by atoms with Crippen LogP contribution in [-0.4, -0.2) is 12.5 Å². The van der Waals surface area contributed by atoms with Crippen LogP contribution < -0.4 is 10.6 Å². The lowest BCUT2D eigenvalue weighted by Crippen LogP contribution is -2.27. The summed E-state index contributed by atoms with van der Waals surface area (Å²) < 4.78 is 0. The fourth-order valence-corrected chi connectivity index (χ4v) is 1.71. The van der Waals surface area contributed by atoms with Gasteiger partial charge in [-0.2, -0.15) is 0 Å². The third-order valence-electron chi connectivity index (χ3n) is 2.00. The molecule has 68 valence electrons. The third-order valence-corrected chi connectivity index (χ3v) is 2.22. The van der Waals surface area contributed by atoms with Gasteiger partial charge in [0.05, 0.1) is 17.9 Å². The van der Waals surface area contributed by atoms with E-state index in [1.165, 1.54) is 0 Å². The number of aryl methyl sites for hydroxylation is 1. The van der Waals surface area contributed by atoms with Crippen molar-refractivity contribution in [3.05, 3.63) is 22.7 Å². The fraction of sp³-hybridized carbons (Fsp3) is 0.222. The van der Waals surface area contributed by atoms with Crippen LogP contribution in [0.25, 0.3) is 0 Å². The Balaban J connectivity index is 2.53. The van der Waals surface area contributed by atoms with Gasteiger partial charge >= 0.3 is 0 Å². The zero-order valence-electron chi connectivity index (χ0n) is 7.15. The van der Waals surface area contributed by atoms with Crippen LogP contribution in [-0.2, 0) is 4.79 Å². The molecule has 3 nitrogen and oxygen atoms in total. The summed E-state index contributed by atoms with van der Waals surface area (Å²) in [4.78, 5) is 11.0. The van der Waals surface area contributed by atoms with Crippen LogP contribution in [0.15, 0.2) is 12.1 Å². The number of benzene rings is 1. The molecule has 0 unspecified atom stereocenters. The van der Waals surface area contributed by atoms with Crippen molar-refractivity contribution in [3.8, 4) is 0 Å². The number of hydrogen-bond donors (Lipinski definition) is 2. The molecule has 0 spiro atoms. The summed E-state index contributed by atoms with van der Waals surface area (Å²) in [5, 5.41) is 6.43. The van der Waals surface area contributed by atoms with E-state index in [2.05, 4.69) is 10.6 Å². The van der Waals surface area contributed by atoms with E-state index in [1.807, 2.05) is 13.0 Å². The van der Waals surface area contributed by atoms with Crippen molar-refractivity contribution in [1.82, 2.24) is 0 Å². The Morgan fingerprint density at radius 1 is 1.46 bits per heavy atom. The summed E-state index contributed by atoms with van der Waals surface area (Å²) in [6, 6.07) is 3.61. The molecule has 1 aliphatic rings. The Morgan fingerprint density at radius 2 is 2.23 bits per heavy atom. The van der Waals surface area contributed by atoms with E-state index in [9.17, 15) is 4.79 Å². The molecule has 2 rings (SSSR count). The van der Waals surface area contributed by atoms with Crippen LogP contribution in [0.2, 0.25) is 5.02 Å². The normalized spacial score (nSPS) is 14.5. The highest BCUT2D eigenvalue weighted by Gasteiger charge is 2.15. The average molecular weight is 197 g/mol. The number of carbonyl (C=O) groups excluding carboxylic acids is 1. The van der Waals surface area contributed by atoms with E-state index in [0.29, 0.717) is 11.6 Å². The molecule has 1 heterocycles. The van der Waals surface area contributed by atoms with Gasteiger partial charge < -0.3 is 10.6 Å². The number of hydrogen-bond acceptors (Lipinski definition) is 2. The molecule has 1 aliphatic heterocycles. The molecule has 1 aromatic rings. The van der Waals surface area contributed by atoms with Crippen molar-refractivity contribution < 1.29 is 4.79 Å². The number of nitrogens with one attached hydrogen (secondary N) is 2. The Kier molecular flexibility index (Phi) is 1.88. The number of amides is 1. The van der Waals surface area contributed by atoms with Crippen molar-refractivity contribution in [2.24, 2.45) is 0 Å². The molecular weight excluding hydrogens is 188 g/mol. The minimum atomic E-state index is -0.0332. The molecule has 0 saturated carbocycles. The van der Waals surface area contributed by atoms with Crippen molar-refractivity contribution >= 4 is 28.9 Å². The first-order valence-corrected chi connectivity index (χ1v) is 4.38. The lowest BCUT2D eigenvalue weighted by atomic mass is 10.1. The molecule has 0 radical (unpaired) electrons. The zero-order valence-corrected chi connectivity index (χ0v) is 7.90. The molecule has 0 aromatic heterocycles. The Bertz CT molecular complexity index is 376. The fourth-order valence-electron chi connectivity index (χ4n) is 1.44. The molecule has 0 saturated heterocycles. The second-order valence-corrected chi connectivity index (χ2v) is 3.48. The highest BCUT2D eigenvalue weighted by atomic mass is 35.5. The van der Waals surface area contributed by atoms with Crippen LogP contribution in [0.3, 0.4) is 0 Å². The lowest BCUT2D eigenvalue weighted by molar-refractivity contribution is -0.114. The van der Waals surface area contributed by atoms with Gasteiger partial charge in [0.15, 0.2) is 0 Å². The molecule has 2 N–H and O–H groups in total. The molecule has 0 bridgehead atoms. The van der Waals surface area contributed by atoms with Gasteiger partial charge in [0.2, 0.25) is 5.91 Å². The summed E-state index contributed by atoms with van der Waals surface area (Å²) >= 11 is 5.85. The van der Waals surface area contributed by atoms with E-state index in [1.54, 1.807) is 6.07 Å². The van der Waals surface area contributed by atoms with Gasteiger partial charge in [0, 0.05) is 5.02 Å². The van der Waals surface area contributed by atoms with Gasteiger partial charge in [-0.25, -0.2) is 0 Å². The van der Waals surface area contributed by atoms with Crippen LogP contribution in [0.5, 0.6) is 0 Å². The van der Waals surface area contributed by atoms with Gasteiger partial charge in [0.25, 0.3) is 0 Å². The number of anilines is 2. The van der Waals surface area contributed by atoms with Crippen molar-refractivity contribution in [1.29, 1.82) is 0 Å². The SMILES string of the molecule is Cc1cc(Cl)cc2c1NCC(=O)N2. The van der Waals surface area contributed by atoms with Gasteiger partial charge in [-0.15, -0.1) is 0 Å². The predicted octanol–water partition coefficient (Wildman–Crippen LogP) is 2.01. The summed E-state index contributed by atoms with van der Waals surface area (Å²) in [6.07, 6.45) is 0. The number of carbonyl (C=O) groups is 1. The van der Waals surface area contributed by atoms with E-state index in [0.717, 1.165) is 16.9 Å². The quantitative estimate of drug-likeness (QED) is 0.667. The van der Waals surface area contributed by atoms with Crippen molar-refractivity contribution in [2.45, 2.75) is 6.92 Å².